The molecule has 0 radical (unpaired) electrons. The maximum atomic E-state index is 12.3. The molecule has 1 aromatic heterocycles. The molecule has 1 saturated heterocycles. The van der Waals surface area contributed by atoms with Gasteiger partial charge in [0.1, 0.15) is 6.04 Å². The number of aldehydes is 1. The summed E-state index contributed by atoms with van der Waals surface area (Å²) in [6, 6.07) is -0.396. The van der Waals surface area contributed by atoms with Crippen molar-refractivity contribution in [2.24, 2.45) is 0 Å². The Labute approximate surface area is 114 Å². The van der Waals surface area contributed by atoms with Crippen LogP contribution in [0.2, 0.25) is 0 Å². The molecule has 0 aromatic carbocycles. The van der Waals surface area contributed by atoms with Crippen LogP contribution in [0.5, 0.6) is 0 Å². The van der Waals surface area contributed by atoms with Crippen molar-refractivity contribution in [1.82, 2.24) is 10.2 Å². The van der Waals surface area contributed by atoms with E-state index in [9.17, 15) is 14.4 Å². The van der Waals surface area contributed by atoms with E-state index in [1.807, 2.05) is 0 Å². The number of hydrogen-bond donors (Lipinski definition) is 1. The predicted molar refractivity (Wildman–Crippen MR) is 70.2 cm³/mol. The van der Waals surface area contributed by atoms with E-state index in [0.29, 0.717) is 30.0 Å². The Kier molecular flexibility index (Phi) is 3.10. The van der Waals surface area contributed by atoms with Crippen molar-refractivity contribution in [2.45, 2.75) is 31.8 Å². The third kappa shape index (κ3) is 1.96. The van der Waals surface area contributed by atoms with Crippen LogP contribution in [0, 0.1) is 0 Å². The summed E-state index contributed by atoms with van der Waals surface area (Å²) in [5, 5.41) is 4.56. The lowest BCUT2D eigenvalue weighted by molar-refractivity contribution is -0.125. The number of amides is 2. The summed E-state index contributed by atoms with van der Waals surface area (Å²) in [5.74, 6) is -0.200. The molecule has 1 aromatic rings. The first kappa shape index (κ1) is 12.3. The first-order valence-electron chi connectivity index (χ1n) is 6.36. The van der Waals surface area contributed by atoms with Gasteiger partial charge in [0.15, 0.2) is 6.29 Å². The molecule has 3 heterocycles. The maximum absolute atomic E-state index is 12.3. The molecule has 5 nitrogen and oxygen atoms in total. The Balaban J connectivity index is 1.88. The number of nitrogens with zero attached hydrogens (tertiary/aromatic N) is 1. The zero-order valence-electron chi connectivity index (χ0n) is 10.3. The summed E-state index contributed by atoms with van der Waals surface area (Å²) in [7, 11) is 0. The Morgan fingerprint density at radius 2 is 2.21 bits per heavy atom. The largest absolute Gasteiger partial charge is 0.354 e. The lowest BCUT2D eigenvalue weighted by Crippen LogP contribution is -2.45. The van der Waals surface area contributed by atoms with Crippen molar-refractivity contribution in [3.8, 4) is 0 Å². The molecule has 1 N–H and O–H groups in total. The SMILES string of the molecule is O=Cc1scc2c1CN([C@H]1CCCCNC1=O)C2=O. The van der Waals surface area contributed by atoms with Gasteiger partial charge in [0.25, 0.3) is 5.91 Å². The molecule has 1 fully saturated rings. The van der Waals surface area contributed by atoms with Crippen molar-refractivity contribution in [3.05, 3.63) is 21.4 Å². The van der Waals surface area contributed by atoms with Gasteiger partial charge in [-0.3, -0.25) is 14.4 Å². The minimum atomic E-state index is -0.396. The van der Waals surface area contributed by atoms with E-state index in [4.69, 9.17) is 0 Å². The van der Waals surface area contributed by atoms with Crippen LogP contribution < -0.4 is 5.32 Å². The Hall–Kier alpha value is -1.69. The number of carbonyl (C=O) groups excluding carboxylic acids is 3. The Bertz CT molecular complexity index is 552. The highest BCUT2D eigenvalue weighted by Crippen LogP contribution is 2.32. The monoisotopic (exact) mass is 278 g/mol. The van der Waals surface area contributed by atoms with E-state index < -0.39 is 6.04 Å². The zero-order valence-corrected chi connectivity index (χ0v) is 11.2. The molecule has 6 heteroatoms. The van der Waals surface area contributed by atoms with Gasteiger partial charge in [-0.25, -0.2) is 0 Å². The molecular weight excluding hydrogens is 264 g/mol. The Morgan fingerprint density at radius 1 is 1.37 bits per heavy atom. The summed E-state index contributed by atoms with van der Waals surface area (Å²) in [5.41, 5.74) is 1.37. The first-order valence-corrected chi connectivity index (χ1v) is 7.24. The summed E-state index contributed by atoms with van der Waals surface area (Å²) >= 11 is 1.29. The number of fused-ring (bicyclic) bond motifs is 1. The highest BCUT2D eigenvalue weighted by atomic mass is 32.1. The minimum absolute atomic E-state index is 0.0765. The van der Waals surface area contributed by atoms with Crippen LogP contribution in [0.25, 0.3) is 0 Å². The minimum Gasteiger partial charge on any atom is -0.354 e. The van der Waals surface area contributed by atoms with E-state index in [2.05, 4.69) is 5.32 Å². The van der Waals surface area contributed by atoms with Crippen LogP contribution in [0.4, 0.5) is 0 Å². The molecule has 0 spiro atoms. The lowest BCUT2D eigenvalue weighted by atomic mass is 10.1. The van der Waals surface area contributed by atoms with Gasteiger partial charge in [0.2, 0.25) is 5.91 Å². The molecule has 2 aliphatic heterocycles. The average Bonchev–Trinajstić information content (AvgIpc) is 2.87. The van der Waals surface area contributed by atoms with Gasteiger partial charge in [0, 0.05) is 24.0 Å². The van der Waals surface area contributed by atoms with Gasteiger partial charge in [-0.1, -0.05) is 0 Å². The number of thiophene rings is 1. The number of carbonyl (C=O) groups is 3. The molecule has 100 valence electrons. The molecule has 2 aliphatic rings. The van der Waals surface area contributed by atoms with Crippen LogP contribution in [0.1, 0.15) is 44.9 Å². The predicted octanol–water partition coefficient (Wildman–Crippen LogP) is 1.19. The lowest BCUT2D eigenvalue weighted by Gasteiger charge is -2.25. The van der Waals surface area contributed by atoms with Gasteiger partial charge in [-0.15, -0.1) is 11.3 Å². The number of hydrogen-bond acceptors (Lipinski definition) is 4. The van der Waals surface area contributed by atoms with Crippen LogP contribution in [0.3, 0.4) is 0 Å². The second-order valence-corrected chi connectivity index (χ2v) is 5.76. The molecule has 2 amide bonds. The van der Waals surface area contributed by atoms with Gasteiger partial charge in [-0.2, -0.15) is 0 Å². The van der Waals surface area contributed by atoms with E-state index in [1.165, 1.54) is 11.3 Å². The average molecular weight is 278 g/mol. The highest BCUT2D eigenvalue weighted by molar-refractivity contribution is 7.12. The van der Waals surface area contributed by atoms with Crippen molar-refractivity contribution >= 4 is 29.4 Å². The fraction of sp³-hybridized carbons (Fsp3) is 0.462. The second-order valence-electron chi connectivity index (χ2n) is 4.85. The second kappa shape index (κ2) is 4.77. The van der Waals surface area contributed by atoms with E-state index in [1.54, 1.807) is 10.3 Å². The summed E-state index contributed by atoms with van der Waals surface area (Å²) in [6.45, 7) is 1.06. The molecule has 19 heavy (non-hydrogen) atoms. The van der Waals surface area contributed by atoms with Crippen molar-refractivity contribution in [1.29, 1.82) is 0 Å². The maximum Gasteiger partial charge on any atom is 0.256 e. The third-order valence-electron chi connectivity index (χ3n) is 3.74. The molecule has 3 rings (SSSR count). The standard InChI is InChI=1S/C13H14N2O3S/c16-6-11-8-5-15(13(18)9(8)7-19-11)10-3-1-2-4-14-12(10)17/h6-7,10H,1-5H2,(H,14,17)/t10-/m0/s1. The van der Waals surface area contributed by atoms with Crippen LogP contribution in [0.15, 0.2) is 5.38 Å². The number of nitrogens with one attached hydrogen (secondary N) is 1. The molecule has 1 atom stereocenters. The van der Waals surface area contributed by atoms with E-state index in [-0.39, 0.29) is 11.8 Å². The summed E-state index contributed by atoms with van der Waals surface area (Å²) in [6.07, 6.45) is 3.36. The van der Waals surface area contributed by atoms with Crippen LogP contribution in [-0.4, -0.2) is 35.6 Å². The van der Waals surface area contributed by atoms with E-state index >= 15 is 0 Å². The quantitative estimate of drug-likeness (QED) is 0.826. The van der Waals surface area contributed by atoms with Crippen LogP contribution >= 0.6 is 11.3 Å². The van der Waals surface area contributed by atoms with Crippen molar-refractivity contribution in [3.63, 3.8) is 0 Å². The molecule has 0 saturated carbocycles. The third-order valence-corrected chi connectivity index (χ3v) is 4.69. The molecular formula is C13H14N2O3S. The zero-order chi connectivity index (χ0) is 13.4. The van der Waals surface area contributed by atoms with Gasteiger partial charge >= 0.3 is 0 Å². The molecule has 0 bridgehead atoms. The van der Waals surface area contributed by atoms with Gasteiger partial charge in [0.05, 0.1) is 10.4 Å². The highest BCUT2D eigenvalue weighted by Gasteiger charge is 2.38. The molecule has 0 unspecified atom stereocenters. The number of rotatable bonds is 2. The fourth-order valence-corrected chi connectivity index (χ4v) is 3.57. The van der Waals surface area contributed by atoms with Gasteiger partial charge < -0.3 is 10.2 Å². The van der Waals surface area contributed by atoms with Crippen molar-refractivity contribution in [2.75, 3.05) is 6.54 Å². The summed E-state index contributed by atoms with van der Waals surface area (Å²) in [4.78, 5) is 37.5. The summed E-state index contributed by atoms with van der Waals surface area (Å²) < 4.78 is 0. The molecule has 0 aliphatic carbocycles. The smallest absolute Gasteiger partial charge is 0.256 e. The fourth-order valence-electron chi connectivity index (χ4n) is 2.71. The Morgan fingerprint density at radius 3 is 3.00 bits per heavy atom. The van der Waals surface area contributed by atoms with Crippen molar-refractivity contribution < 1.29 is 14.4 Å². The normalized spacial score (nSPS) is 22.9. The topological polar surface area (TPSA) is 66.5 Å². The van der Waals surface area contributed by atoms with E-state index in [0.717, 1.165) is 24.7 Å². The first-order chi connectivity index (χ1) is 9.22. The van der Waals surface area contributed by atoms with Gasteiger partial charge in [-0.05, 0) is 19.3 Å². The van der Waals surface area contributed by atoms with Crippen LogP contribution in [-0.2, 0) is 11.3 Å².